The third-order valence-corrected chi connectivity index (χ3v) is 4.66. The molecule has 0 saturated heterocycles. The molecule has 0 aliphatic heterocycles. The second-order valence-electron chi connectivity index (χ2n) is 5.76. The van der Waals surface area contributed by atoms with Crippen LogP contribution in [0.4, 0.5) is 5.69 Å². The summed E-state index contributed by atoms with van der Waals surface area (Å²) in [6.45, 7) is 0. The Balaban J connectivity index is 1.74. The molecule has 0 radical (unpaired) electrons. The van der Waals surface area contributed by atoms with E-state index in [-0.39, 0.29) is 10.8 Å². The highest BCUT2D eigenvalue weighted by atomic mass is 32.2. The lowest BCUT2D eigenvalue weighted by Crippen LogP contribution is -2.12. The van der Waals surface area contributed by atoms with Gasteiger partial charge in [0.15, 0.2) is 0 Å². The van der Waals surface area contributed by atoms with Crippen LogP contribution in [0.2, 0.25) is 0 Å². The lowest BCUT2D eigenvalue weighted by atomic mass is 10.0. The van der Waals surface area contributed by atoms with E-state index in [0.717, 1.165) is 16.7 Å². The van der Waals surface area contributed by atoms with Crippen LogP contribution in [0.3, 0.4) is 0 Å². The molecule has 0 aliphatic carbocycles. The van der Waals surface area contributed by atoms with E-state index >= 15 is 0 Å². The Morgan fingerprint density at radius 1 is 1.19 bits per heavy atom. The predicted molar refractivity (Wildman–Crippen MR) is 102 cm³/mol. The minimum atomic E-state index is -3.76. The molecule has 27 heavy (non-hydrogen) atoms. The quantitative estimate of drug-likeness (QED) is 0.651. The van der Waals surface area contributed by atoms with Crippen molar-refractivity contribution in [2.75, 3.05) is 5.32 Å². The van der Waals surface area contributed by atoms with Gasteiger partial charge in [0, 0.05) is 48.5 Å². The second kappa shape index (κ2) is 7.52. The number of rotatable bonds is 5. The Kier molecular flexibility index (Phi) is 5.15. The molecule has 2 aromatic heterocycles. The topological polar surface area (TPSA) is 120 Å². The first kappa shape index (κ1) is 18.5. The highest BCUT2D eigenvalue weighted by molar-refractivity contribution is 7.89. The van der Waals surface area contributed by atoms with Gasteiger partial charge in [-0.2, -0.15) is 5.10 Å². The Bertz CT molecular complexity index is 1100. The van der Waals surface area contributed by atoms with E-state index in [0.29, 0.717) is 5.69 Å². The van der Waals surface area contributed by atoms with Crippen LogP contribution in [0.1, 0.15) is 5.56 Å². The van der Waals surface area contributed by atoms with Crippen molar-refractivity contribution in [2.24, 2.45) is 12.2 Å². The van der Waals surface area contributed by atoms with Gasteiger partial charge < -0.3 is 5.32 Å². The van der Waals surface area contributed by atoms with Crippen molar-refractivity contribution in [1.29, 1.82) is 0 Å². The molecule has 0 bridgehead atoms. The van der Waals surface area contributed by atoms with Gasteiger partial charge in [0.05, 0.1) is 11.1 Å². The van der Waals surface area contributed by atoms with Gasteiger partial charge in [0.1, 0.15) is 0 Å². The first-order valence-corrected chi connectivity index (χ1v) is 9.42. The Morgan fingerprint density at radius 2 is 1.93 bits per heavy atom. The smallest absolute Gasteiger partial charge is 0.248 e. The van der Waals surface area contributed by atoms with E-state index in [9.17, 15) is 13.2 Å². The van der Waals surface area contributed by atoms with Gasteiger partial charge in [-0.1, -0.05) is 0 Å². The van der Waals surface area contributed by atoms with Crippen LogP contribution in [-0.4, -0.2) is 29.1 Å². The van der Waals surface area contributed by atoms with Gasteiger partial charge in [-0.3, -0.25) is 14.5 Å². The summed E-state index contributed by atoms with van der Waals surface area (Å²) < 4.78 is 24.2. The van der Waals surface area contributed by atoms with Crippen LogP contribution in [0.15, 0.2) is 66.1 Å². The molecule has 0 aliphatic rings. The van der Waals surface area contributed by atoms with E-state index in [2.05, 4.69) is 15.4 Å². The maximum atomic E-state index is 12.1. The van der Waals surface area contributed by atoms with Crippen LogP contribution in [0.25, 0.3) is 17.2 Å². The SMILES string of the molecule is Cn1cc(-c2ccncc2/C=C/C(=O)Nc2ccc(S(N)(=O)=O)cc2)cn1. The van der Waals surface area contributed by atoms with Gasteiger partial charge in [0.2, 0.25) is 15.9 Å². The highest BCUT2D eigenvalue weighted by Crippen LogP contribution is 2.23. The Labute approximate surface area is 156 Å². The van der Waals surface area contributed by atoms with Crippen LogP contribution >= 0.6 is 0 Å². The molecule has 0 atom stereocenters. The molecule has 3 rings (SSSR count). The molecule has 3 aromatic rings. The number of nitrogens with one attached hydrogen (secondary N) is 1. The highest BCUT2D eigenvalue weighted by Gasteiger charge is 2.08. The normalized spacial score (nSPS) is 11.6. The summed E-state index contributed by atoms with van der Waals surface area (Å²) in [5.74, 6) is -0.362. The average Bonchev–Trinajstić information content (AvgIpc) is 3.06. The number of pyridine rings is 1. The molecule has 2 heterocycles. The fraction of sp³-hybridized carbons (Fsp3) is 0.0556. The van der Waals surface area contributed by atoms with Crippen LogP contribution in [-0.2, 0) is 21.9 Å². The number of aromatic nitrogens is 3. The molecule has 138 valence electrons. The Morgan fingerprint density at radius 3 is 2.56 bits per heavy atom. The van der Waals surface area contributed by atoms with Crippen molar-refractivity contribution in [3.63, 3.8) is 0 Å². The second-order valence-corrected chi connectivity index (χ2v) is 7.32. The Hall–Kier alpha value is -3.30. The molecule has 0 unspecified atom stereocenters. The van der Waals surface area contributed by atoms with E-state index < -0.39 is 10.0 Å². The van der Waals surface area contributed by atoms with Gasteiger partial charge in [-0.25, -0.2) is 13.6 Å². The van der Waals surface area contributed by atoms with Gasteiger partial charge in [0.25, 0.3) is 0 Å². The number of sulfonamides is 1. The van der Waals surface area contributed by atoms with E-state index in [1.54, 1.807) is 29.3 Å². The van der Waals surface area contributed by atoms with Crippen molar-refractivity contribution in [3.8, 4) is 11.1 Å². The monoisotopic (exact) mass is 383 g/mol. The molecule has 9 heteroatoms. The van der Waals surface area contributed by atoms with Crippen LogP contribution < -0.4 is 10.5 Å². The number of hydrogen-bond acceptors (Lipinski definition) is 5. The number of aryl methyl sites for hydroxylation is 1. The third kappa shape index (κ3) is 4.66. The molecule has 0 saturated carbocycles. The van der Waals surface area contributed by atoms with Crippen molar-refractivity contribution >= 4 is 27.7 Å². The molecule has 0 fully saturated rings. The van der Waals surface area contributed by atoms with Crippen molar-refractivity contribution in [2.45, 2.75) is 4.90 Å². The number of hydrogen-bond donors (Lipinski definition) is 2. The summed E-state index contributed by atoms with van der Waals surface area (Å²) in [4.78, 5) is 16.2. The number of primary sulfonamides is 1. The summed E-state index contributed by atoms with van der Waals surface area (Å²) in [6, 6.07) is 7.44. The summed E-state index contributed by atoms with van der Waals surface area (Å²) in [6.07, 6.45) is 9.98. The largest absolute Gasteiger partial charge is 0.323 e. The molecule has 8 nitrogen and oxygen atoms in total. The number of nitrogens with two attached hydrogens (primary N) is 1. The zero-order chi connectivity index (χ0) is 19.4. The minimum Gasteiger partial charge on any atom is -0.323 e. The average molecular weight is 383 g/mol. The van der Waals surface area contributed by atoms with E-state index in [1.165, 1.54) is 30.3 Å². The van der Waals surface area contributed by atoms with Crippen molar-refractivity contribution in [1.82, 2.24) is 14.8 Å². The predicted octanol–water partition coefficient (Wildman–Crippen LogP) is 1.78. The number of nitrogens with zero attached hydrogens (tertiary/aromatic N) is 3. The van der Waals surface area contributed by atoms with E-state index in [1.807, 2.05) is 19.3 Å². The molecular formula is C18H17N5O3S. The standard InChI is InChI=1S/C18H17N5O3S/c1-23-12-14(11-21-23)17-8-9-20-10-13(17)2-7-18(24)22-15-3-5-16(6-4-15)27(19,25)26/h2-12H,1H3,(H,22,24)(H2,19,25,26)/b7-2+. The minimum absolute atomic E-state index is 0.0208. The lowest BCUT2D eigenvalue weighted by molar-refractivity contribution is -0.111. The van der Waals surface area contributed by atoms with Crippen molar-refractivity contribution in [3.05, 3.63) is 66.8 Å². The fourth-order valence-corrected chi connectivity index (χ4v) is 2.96. The van der Waals surface area contributed by atoms with Crippen LogP contribution in [0.5, 0.6) is 0 Å². The maximum absolute atomic E-state index is 12.1. The third-order valence-electron chi connectivity index (χ3n) is 3.73. The van der Waals surface area contributed by atoms with Gasteiger partial charge >= 0.3 is 0 Å². The van der Waals surface area contributed by atoms with Crippen molar-refractivity contribution < 1.29 is 13.2 Å². The first-order valence-electron chi connectivity index (χ1n) is 7.88. The fourth-order valence-electron chi connectivity index (χ4n) is 2.44. The number of benzene rings is 1. The van der Waals surface area contributed by atoms with Crippen LogP contribution in [0, 0.1) is 0 Å². The molecule has 3 N–H and O–H groups in total. The maximum Gasteiger partial charge on any atom is 0.248 e. The summed E-state index contributed by atoms with van der Waals surface area (Å²) >= 11 is 0. The van der Waals surface area contributed by atoms with Gasteiger partial charge in [-0.05, 0) is 42.0 Å². The molecule has 0 spiro atoms. The van der Waals surface area contributed by atoms with Gasteiger partial charge in [-0.15, -0.1) is 0 Å². The summed E-state index contributed by atoms with van der Waals surface area (Å²) in [5.41, 5.74) is 3.04. The zero-order valence-electron chi connectivity index (χ0n) is 14.4. The number of carbonyl (C=O) groups is 1. The molecular weight excluding hydrogens is 366 g/mol. The number of carbonyl (C=O) groups excluding carboxylic acids is 1. The number of anilines is 1. The lowest BCUT2D eigenvalue weighted by Gasteiger charge is -2.04. The zero-order valence-corrected chi connectivity index (χ0v) is 15.2. The van der Waals surface area contributed by atoms with E-state index in [4.69, 9.17) is 5.14 Å². The molecule has 1 amide bonds. The number of amides is 1. The first-order chi connectivity index (χ1) is 12.8. The molecule has 1 aromatic carbocycles. The summed E-state index contributed by atoms with van der Waals surface area (Å²) in [5, 5.41) is 11.9. The summed E-state index contributed by atoms with van der Waals surface area (Å²) in [7, 11) is -1.94.